The molecule has 2 fully saturated rings. The molecule has 0 amide bonds. The van der Waals surface area contributed by atoms with Gasteiger partial charge in [0.1, 0.15) is 71.0 Å². The molecule has 8 N–H and O–H groups in total. The first-order chi connectivity index (χ1) is 20.4. The molecule has 0 bridgehead atoms. The molecule has 15 heteroatoms. The van der Waals surface area contributed by atoms with E-state index in [1.54, 1.807) is 6.07 Å². The summed E-state index contributed by atoms with van der Waals surface area (Å²) in [6.07, 6.45) is -15.0. The summed E-state index contributed by atoms with van der Waals surface area (Å²) in [6.45, 7) is 0.953. The Bertz CT molecular complexity index is 1510. The van der Waals surface area contributed by atoms with E-state index in [1.165, 1.54) is 32.2 Å². The van der Waals surface area contributed by atoms with Gasteiger partial charge in [-0.25, -0.2) is 0 Å². The molecule has 10 atom stereocenters. The summed E-state index contributed by atoms with van der Waals surface area (Å²) in [6, 6.07) is 7.78. The lowest BCUT2D eigenvalue weighted by Gasteiger charge is -2.42. The maximum Gasteiger partial charge on any atom is 0.229 e. The average molecular weight is 609 g/mol. The number of methoxy groups -OCH3 is 1. The lowest BCUT2D eigenvalue weighted by molar-refractivity contribution is -0.318. The Morgan fingerprint density at radius 1 is 0.791 bits per heavy atom. The third-order valence-corrected chi connectivity index (χ3v) is 7.40. The molecule has 2 aliphatic heterocycles. The first-order valence-electron chi connectivity index (χ1n) is 13.3. The number of benzene rings is 2. The molecule has 234 valence electrons. The molecule has 0 radical (unpaired) electrons. The zero-order valence-corrected chi connectivity index (χ0v) is 22.9. The van der Waals surface area contributed by atoms with Crippen molar-refractivity contribution in [1.29, 1.82) is 0 Å². The zero-order chi connectivity index (χ0) is 31.2. The number of ether oxygens (including phenoxy) is 5. The van der Waals surface area contributed by atoms with Crippen LogP contribution in [-0.2, 0) is 14.2 Å². The molecule has 1 aromatic heterocycles. The first kappa shape index (κ1) is 30.9. The molecule has 43 heavy (non-hydrogen) atoms. The summed E-state index contributed by atoms with van der Waals surface area (Å²) in [5.41, 5.74) is -0.381. The molecular weight excluding hydrogens is 576 g/mol. The fourth-order valence-corrected chi connectivity index (χ4v) is 4.92. The van der Waals surface area contributed by atoms with Gasteiger partial charge in [0, 0.05) is 23.8 Å². The maximum absolute atomic E-state index is 12.8. The molecule has 2 saturated heterocycles. The maximum atomic E-state index is 12.8. The number of hydrogen-bond donors (Lipinski definition) is 8. The summed E-state index contributed by atoms with van der Waals surface area (Å²) in [4.78, 5) is 12.8. The van der Waals surface area contributed by atoms with Crippen molar-refractivity contribution in [2.75, 3.05) is 13.7 Å². The lowest BCUT2D eigenvalue weighted by atomic mass is 9.98. The minimum absolute atomic E-state index is 0.0517. The van der Waals surface area contributed by atoms with E-state index in [2.05, 4.69) is 0 Å². The summed E-state index contributed by atoms with van der Waals surface area (Å²) >= 11 is 0. The second kappa shape index (κ2) is 12.2. The number of rotatable bonds is 7. The standard InChI is InChI=1S/C28H32O15/c1-10-21(32)23(34)25(36)27(40-10)39-9-19-22(33)24(35)26(37)28(43-19)41-12-6-14(30)20-15(31)8-17(42-18(20)7-12)11-3-4-16(38-2)13(29)5-11/h3-8,10,19,21-30,32-37H,9H2,1-2H3/t10-,19-,21-,22+,23+,24+,25+,26+,27-,28-/m1/s1. The highest BCUT2D eigenvalue weighted by atomic mass is 16.7. The van der Waals surface area contributed by atoms with Crippen LogP contribution in [0.5, 0.6) is 23.0 Å². The fourth-order valence-electron chi connectivity index (χ4n) is 4.92. The number of phenols is 2. The van der Waals surface area contributed by atoms with Gasteiger partial charge in [0.05, 0.1) is 19.8 Å². The average Bonchev–Trinajstić information content (AvgIpc) is 2.97. The van der Waals surface area contributed by atoms with Crippen molar-refractivity contribution in [2.24, 2.45) is 0 Å². The van der Waals surface area contributed by atoms with Gasteiger partial charge in [-0.1, -0.05) is 0 Å². The number of aliphatic hydroxyl groups is 6. The van der Waals surface area contributed by atoms with E-state index in [1.807, 2.05) is 0 Å². The molecule has 3 heterocycles. The van der Waals surface area contributed by atoms with Crippen molar-refractivity contribution < 1.29 is 69.0 Å². The molecule has 0 unspecified atom stereocenters. The zero-order valence-electron chi connectivity index (χ0n) is 22.9. The van der Waals surface area contributed by atoms with Crippen molar-refractivity contribution in [3.63, 3.8) is 0 Å². The van der Waals surface area contributed by atoms with Crippen LogP contribution in [0.25, 0.3) is 22.3 Å². The normalized spacial score (nSPS) is 32.9. The SMILES string of the molecule is COc1ccc(-c2cc(=O)c3c(O)cc(O[C@@H]4O[C@H](CO[C@@H]5O[C@H](C)[C@@H](O)[C@H](O)[C@@H]5O)[C@H](O)[C@H](O)[C@@H]4O)cc3o2)cc1O. The van der Waals surface area contributed by atoms with E-state index in [0.717, 1.165) is 12.1 Å². The van der Waals surface area contributed by atoms with Gasteiger partial charge in [-0.3, -0.25) is 4.79 Å². The van der Waals surface area contributed by atoms with E-state index in [-0.39, 0.29) is 34.0 Å². The van der Waals surface area contributed by atoms with Crippen LogP contribution in [0.3, 0.4) is 0 Å². The van der Waals surface area contributed by atoms with Crippen LogP contribution in [0, 0.1) is 0 Å². The van der Waals surface area contributed by atoms with E-state index in [4.69, 9.17) is 28.1 Å². The van der Waals surface area contributed by atoms with Gasteiger partial charge < -0.3 is 69.0 Å². The Labute approximate surface area is 243 Å². The van der Waals surface area contributed by atoms with Gasteiger partial charge in [-0.2, -0.15) is 0 Å². The number of fused-ring (bicyclic) bond motifs is 1. The molecule has 0 spiro atoms. The first-order valence-corrected chi connectivity index (χ1v) is 13.3. The van der Waals surface area contributed by atoms with E-state index >= 15 is 0 Å². The van der Waals surface area contributed by atoms with Crippen LogP contribution in [0.1, 0.15) is 6.92 Å². The molecule has 15 nitrogen and oxygen atoms in total. The Morgan fingerprint density at radius 3 is 2.19 bits per heavy atom. The lowest BCUT2D eigenvalue weighted by Crippen LogP contribution is -2.61. The van der Waals surface area contributed by atoms with Crippen LogP contribution in [-0.4, -0.2) is 116 Å². The topological polar surface area (TPSA) is 238 Å². The Balaban J connectivity index is 1.36. The molecule has 0 aliphatic carbocycles. The highest BCUT2D eigenvalue weighted by Crippen LogP contribution is 2.35. The molecule has 2 aromatic carbocycles. The van der Waals surface area contributed by atoms with Crippen molar-refractivity contribution in [3.8, 4) is 34.3 Å². The van der Waals surface area contributed by atoms with Crippen LogP contribution >= 0.6 is 0 Å². The van der Waals surface area contributed by atoms with E-state index < -0.39 is 79.2 Å². The molecule has 2 aliphatic rings. The second-order valence-corrected chi connectivity index (χ2v) is 10.3. The summed E-state index contributed by atoms with van der Waals surface area (Å²) < 4.78 is 32.9. The summed E-state index contributed by atoms with van der Waals surface area (Å²) in [5.74, 6) is -0.605. The van der Waals surface area contributed by atoms with Gasteiger partial charge in [-0.15, -0.1) is 0 Å². The minimum atomic E-state index is -1.78. The van der Waals surface area contributed by atoms with Crippen LogP contribution in [0.4, 0.5) is 0 Å². The fraction of sp³-hybridized carbons (Fsp3) is 0.464. The van der Waals surface area contributed by atoms with Gasteiger partial charge in [0.25, 0.3) is 0 Å². The highest BCUT2D eigenvalue weighted by molar-refractivity contribution is 5.86. The Kier molecular flexibility index (Phi) is 8.80. The highest BCUT2D eigenvalue weighted by Gasteiger charge is 2.47. The predicted octanol–water partition coefficient (Wildman–Crippen LogP) is -1.09. The van der Waals surface area contributed by atoms with Gasteiger partial charge in [0.15, 0.2) is 23.2 Å². The third-order valence-electron chi connectivity index (χ3n) is 7.40. The summed E-state index contributed by atoms with van der Waals surface area (Å²) in [7, 11) is 1.38. The van der Waals surface area contributed by atoms with Crippen molar-refractivity contribution in [1.82, 2.24) is 0 Å². The largest absolute Gasteiger partial charge is 0.507 e. The number of phenolic OH excluding ortho intramolecular Hbond substituents is 2. The van der Waals surface area contributed by atoms with E-state index in [9.17, 15) is 45.6 Å². The summed E-state index contributed by atoms with van der Waals surface area (Å²) in [5, 5.41) is 82.0. The monoisotopic (exact) mass is 608 g/mol. The van der Waals surface area contributed by atoms with Crippen molar-refractivity contribution in [2.45, 2.75) is 68.3 Å². The number of aliphatic hydroxyl groups excluding tert-OH is 6. The van der Waals surface area contributed by atoms with Crippen molar-refractivity contribution >= 4 is 11.0 Å². The van der Waals surface area contributed by atoms with Gasteiger partial charge in [0.2, 0.25) is 6.29 Å². The quantitative estimate of drug-likeness (QED) is 0.159. The molecule has 3 aromatic rings. The van der Waals surface area contributed by atoms with Gasteiger partial charge >= 0.3 is 0 Å². The molecule has 0 saturated carbocycles. The molecular formula is C28H32O15. The second-order valence-electron chi connectivity index (χ2n) is 10.3. The van der Waals surface area contributed by atoms with Crippen LogP contribution < -0.4 is 14.9 Å². The predicted molar refractivity (Wildman–Crippen MR) is 143 cm³/mol. The Morgan fingerprint density at radius 2 is 1.49 bits per heavy atom. The van der Waals surface area contributed by atoms with Crippen LogP contribution in [0.15, 0.2) is 45.6 Å². The molecule has 5 rings (SSSR count). The van der Waals surface area contributed by atoms with Crippen molar-refractivity contribution in [3.05, 3.63) is 46.6 Å². The number of hydrogen-bond acceptors (Lipinski definition) is 15. The van der Waals surface area contributed by atoms with E-state index in [0.29, 0.717) is 5.56 Å². The Hall–Kier alpha value is -3.51. The third kappa shape index (κ3) is 5.99. The smallest absolute Gasteiger partial charge is 0.229 e. The van der Waals surface area contributed by atoms with Gasteiger partial charge in [-0.05, 0) is 25.1 Å². The minimum Gasteiger partial charge on any atom is -0.507 e. The number of aromatic hydroxyl groups is 2. The van der Waals surface area contributed by atoms with Crippen LogP contribution in [0.2, 0.25) is 0 Å².